The minimum atomic E-state index is -0.106. The highest BCUT2D eigenvalue weighted by molar-refractivity contribution is 7.09. The van der Waals surface area contributed by atoms with Crippen molar-refractivity contribution >= 4 is 17.2 Å². The fourth-order valence-electron chi connectivity index (χ4n) is 2.55. The molecule has 0 spiro atoms. The molecule has 0 radical (unpaired) electrons. The van der Waals surface area contributed by atoms with Crippen LogP contribution in [-0.2, 0) is 17.8 Å². The van der Waals surface area contributed by atoms with Crippen molar-refractivity contribution in [1.29, 1.82) is 0 Å². The Morgan fingerprint density at radius 2 is 2.29 bits per heavy atom. The van der Waals surface area contributed by atoms with Crippen LogP contribution in [0.25, 0.3) is 0 Å². The summed E-state index contributed by atoms with van der Waals surface area (Å²) in [4.78, 5) is 18.7. The van der Waals surface area contributed by atoms with E-state index in [1.807, 2.05) is 43.6 Å². The topological polar surface area (TPSA) is 42.4 Å². The largest absolute Gasteiger partial charge is 0.492 e. The van der Waals surface area contributed by atoms with Gasteiger partial charge in [-0.15, -0.1) is 11.3 Å². The van der Waals surface area contributed by atoms with Crippen LogP contribution in [0.2, 0.25) is 0 Å². The number of benzene rings is 1. The molecule has 1 aliphatic heterocycles. The van der Waals surface area contributed by atoms with Crippen LogP contribution >= 0.6 is 11.3 Å². The summed E-state index contributed by atoms with van der Waals surface area (Å²) in [5.74, 6) is 0.920. The molecule has 0 N–H and O–H groups in total. The summed E-state index contributed by atoms with van der Waals surface area (Å²) in [5, 5.41) is 2.98. The zero-order valence-corrected chi connectivity index (χ0v) is 13.0. The summed E-state index contributed by atoms with van der Waals surface area (Å²) in [7, 11) is 1.83. The molecule has 2 heterocycles. The van der Waals surface area contributed by atoms with Gasteiger partial charge in [0.15, 0.2) is 0 Å². The average Bonchev–Trinajstić information content (AvgIpc) is 2.91. The van der Waals surface area contributed by atoms with Gasteiger partial charge in [-0.05, 0) is 25.0 Å². The minimum absolute atomic E-state index is 0.106. The Balaban J connectivity index is 1.66. The molecule has 1 amide bonds. The van der Waals surface area contributed by atoms with Crippen LogP contribution in [0, 0.1) is 12.8 Å². The lowest BCUT2D eigenvalue weighted by molar-refractivity contribution is -0.136. The number of amides is 1. The molecule has 0 unspecified atom stereocenters. The first-order valence-electron chi connectivity index (χ1n) is 7.00. The average molecular weight is 302 g/mol. The number of hydrogen-bond donors (Lipinski definition) is 0. The highest BCUT2D eigenvalue weighted by atomic mass is 32.1. The van der Waals surface area contributed by atoms with Crippen molar-refractivity contribution in [2.75, 3.05) is 13.7 Å². The summed E-state index contributed by atoms with van der Waals surface area (Å²) >= 11 is 1.59. The summed E-state index contributed by atoms with van der Waals surface area (Å²) in [6, 6.07) is 7.92. The molecule has 0 bridgehead atoms. The maximum Gasteiger partial charge on any atom is 0.229 e. The van der Waals surface area contributed by atoms with E-state index in [2.05, 4.69) is 4.98 Å². The Morgan fingerprint density at radius 1 is 1.48 bits per heavy atom. The molecule has 2 aromatic rings. The van der Waals surface area contributed by atoms with Crippen LogP contribution in [0.4, 0.5) is 0 Å². The van der Waals surface area contributed by atoms with E-state index in [4.69, 9.17) is 4.74 Å². The molecular weight excluding hydrogens is 284 g/mol. The summed E-state index contributed by atoms with van der Waals surface area (Å²) < 4.78 is 5.70. The Bertz CT molecular complexity index is 653. The van der Waals surface area contributed by atoms with Crippen molar-refractivity contribution in [3.63, 3.8) is 0 Å². The van der Waals surface area contributed by atoms with Crippen LogP contribution in [0.3, 0.4) is 0 Å². The van der Waals surface area contributed by atoms with Crippen LogP contribution < -0.4 is 4.74 Å². The molecule has 0 saturated heterocycles. The quantitative estimate of drug-likeness (QED) is 0.875. The Kier molecular flexibility index (Phi) is 3.92. The Hall–Kier alpha value is -1.88. The monoisotopic (exact) mass is 302 g/mol. The van der Waals surface area contributed by atoms with Gasteiger partial charge < -0.3 is 9.64 Å². The van der Waals surface area contributed by atoms with E-state index >= 15 is 0 Å². The van der Waals surface area contributed by atoms with Gasteiger partial charge in [-0.3, -0.25) is 4.79 Å². The number of para-hydroxylation sites is 1. The molecule has 4 nitrogen and oxygen atoms in total. The minimum Gasteiger partial charge on any atom is -0.492 e. The molecule has 1 atom stereocenters. The van der Waals surface area contributed by atoms with E-state index in [0.29, 0.717) is 13.2 Å². The third-order valence-electron chi connectivity index (χ3n) is 3.64. The Morgan fingerprint density at radius 3 is 3.05 bits per heavy atom. The van der Waals surface area contributed by atoms with Gasteiger partial charge in [0, 0.05) is 18.1 Å². The van der Waals surface area contributed by atoms with E-state index in [0.717, 1.165) is 28.4 Å². The fraction of sp³-hybridized carbons (Fsp3) is 0.375. The third-order valence-corrected chi connectivity index (χ3v) is 4.59. The van der Waals surface area contributed by atoms with Crippen molar-refractivity contribution in [1.82, 2.24) is 9.88 Å². The van der Waals surface area contributed by atoms with Crippen LogP contribution in [0.1, 0.15) is 16.3 Å². The number of rotatable bonds is 3. The first kappa shape index (κ1) is 14.1. The molecule has 0 aliphatic carbocycles. The third kappa shape index (κ3) is 3.08. The number of aromatic nitrogens is 1. The predicted molar refractivity (Wildman–Crippen MR) is 82.5 cm³/mol. The van der Waals surface area contributed by atoms with Gasteiger partial charge in [0.05, 0.1) is 12.5 Å². The van der Waals surface area contributed by atoms with E-state index in [9.17, 15) is 4.79 Å². The first-order chi connectivity index (χ1) is 10.1. The number of ether oxygens (including phenoxy) is 1. The van der Waals surface area contributed by atoms with Gasteiger partial charge in [-0.1, -0.05) is 18.2 Å². The number of carbonyl (C=O) groups excluding carboxylic acids is 1. The van der Waals surface area contributed by atoms with Gasteiger partial charge in [0.2, 0.25) is 5.91 Å². The summed E-state index contributed by atoms with van der Waals surface area (Å²) in [5.41, 5.74) is 2.12. The number of thiazole rings is 1. The van der Waals surface area contributed by atoms with Crippen molar-refractivity contribution in [3.05, 3.63) is 45.9 Å². The van der Waals surface area contributed by atoms with Crippen molar-refractivity contribution in [2.24, 2.45) is 5.92 Å². The van der Waals surface area contributed by atoms with Crippen molar-refractivity contribution < 1.29 is 9.53 Å². The molecule has 0 saturated carbocycles. The van der Waals surface area contributed by atoms with Gasteiger partial charge in [-0.2, -0.15) is 0 Å². The van der Waals surface area contributed by atoms with Gasteiger partial charge >= 0.3 is 0 Å². The second kappa shape index (κ2) is 5.85. The predicted octanol–water partition coefficient (Wildman–Crippen LogP) is 2.66. The van der Waals surface area contributed by atoms with Gasteiger partial charge in [-0.25, -0.2) is 4.98 Å². The second-order valence-electron chi connectivity index (χ2n) is 5.40. The highest BCUT2D eigenvalue weighted by Gasteiger charge is 2.28. The van der Waals surface area contributed by atoms with Crippen LogP contribution in [-0.4, -0.2) is 29.4 Å². The van der Waals surface area contributed by atoms with Crippen molar-refractivity contribution in [3.8, 4) is 5.75 Å². The number of hydrogen-bond acceptors (Lipinski definition) is 4. The number of nitrogens with zero attached hydrogens (tertiary/aromatic N) is 2. The summed E-state index contributed by atoms with van der Waals surface area (Å²) in [6.07, 6.45) is 0.746. The molecule has 1 aromatic carbocycles. The maximum atomic E-state index is 12.5. The molecule has 0 fully saturated rings. The lowest BCUT2D eigenvalue weighted by Gasteiger charge is -2.27. The SMILES string of the molecule is Cc1csc(CN(C)C(=O)[C@@H]2COc3ccccc3C2)n1. The zero-order valence-electron chi connectivity index (χ0n) is 12.2. The second-order valence-corrected chi connectivity index (χ2v) is 6.34. The van der Waals surface area contributed by atoms with Crippen LogP contribution in [0.5, 0.6) is 5.75 Å². The first-order valence-corrected chi connectivity index (χ1v) is 7.88. The smallest absolute Gasteiger partial charge is 0.229 e. The molecule has 1 aliphatic rings. The molecule has 21 heavy (non-hydrogen) atoms. The molecule has 3 rings (SSSR count). The fourth-order valence-corrected chi connectivity index (χ4v) is 3.38. The Labute approximate surface area is 128 Å². The highest BCUT2D eigenvalue weighted by Crippen LogP contribution is 2.27. The lowest BCUT2D eigenvalue weighted by atomic mass is 9.95. The lowest BCUT2D eigenvalue weighted by Crippen LogP contribution is -2.38. The normalized spacial score (nSPS) is 17.0. The van der Waals surface area contributed by atoms with Crippen molar-refractivity contribution in [2.45, 2.75) is 19.9 Å². The maximum absolute atomic E-state index is 12.5. The zero-order chi connectivity index (χ0) is 14.8. The standard InChI is InChI=1S/C16H18N2O2S/c1-11-10-21-15(17-11)8-18(2)16(19)13-7-12-5-3-4-6-14(12)20-9-13/h3-6,10,13H,7-9H2,1-2H3/t13-/m0/s1. The number of aryl methyl sites for hydroxylation is 1. The van der Waals surface area contributed by atoms with Gasteiger partial charge in [0.1, 0.15) is 17.4 Å². The van der Waals surface area contributed by atoms with E-state index in [1.54, 1.807) is 16.2 Å². The molecule has 5 heteroatoms. The van der Waals surface area contributed by atoms with E-state index in [1.165, 1.54) is 0 Å². The molecule has 1 aromatic heterocycles. The molecular formula is C16H18N2O2S. The summed E-state index contributed by atoms with van der Waals surface area (Å²) in [6.45, 7) is 2.99. The van der Waals surface area contributed by atoms with E-state index < -0.39 is 0 Å². The number of carbonyl (C=O) groups is 1. The van der Waals surface area contributed by atoms with Gasteiger partial charge in [0.25, 0.3) is 0 Å². The van der Waals surface area contributed by atoms with Crippen LogP contribution in [0.15, 0.2) is 29.6 Å². The number of fused-ring (bicyclic) bond motifs is 1. The molecule has 110 valence electrons. The van der Waals surface area contributed by atoms with E-state index in [-0.39, 0.29) is 11.8 Å².